The Labute approximate surface area is 139 Å². The van der Waals surface area contributed by atoms with Gasteiger partial charge in [-0.3, -0.25) is 0 Å². The first kappa shape index (κ1) is 14.4. The summed E-state index contributed by atoms with van der Waals surface area (Å²) >= 11 is 0. The van der Waals surface area contributed by atoms with Gasteiger partial charge >= 0.3 is 6.01 Å². The maximum atomic E-state index is 5.70. The Morgan fingerprint density at radius 3 is 2.67 bits per heavy atom. The van der Waals surface area contributed by atoms with Gasteiger partial charge in [-0.2, -0.15) is 0 Å². The second-order valence-electron chi connectivity index (χ2n) is 5.57. The number of hydrogen-bond donors (Lipinski definition) is 1. The molecule has 0 atom stereocenters. The summed E-state index contributed by atoms with van der Waals surface area (Å²) in [6, 6.07) is 18.5. The molecule has 0 saturated carbocycles. The molecule has 2 aromatic heterocycles. The number of anilines is 1. The van der Waals surface area contributed by atoms with Gasteiger partial charge in [-0.1, -0.05) is 47.6 Å². The summed E-state index contributed by atoms with van der Waals surface area (Å²) in [6.45, 7) is 3.13. The van der Waals surface area contributed by atoms with Gasteiger partial charge in [0, 0.05) is 6.54 Å². The lowest BCUT2D eigenvalue weighted by atomic mass is 10.2. The Bertz CT molecular complexity index is 958. The van der Waals surface area contributed by atoms with Gasteiger partial charge in [0.05, 0.1) is 11.0 Å². The van der Waals surface area contributed by atoms with Crippen molar-refractivity contribution in [2.75, 3.05) is 5.32 Å². The molecule has 0 aliphatic heterocycles. The average molecular weight is 319 g/mol. The highest BCUT2D eigenvalue weighted by molar-refractivity contribution is 5.75. The molecule has 120 valence electrons. The molecule has 0 fully saturated rings. The van der Waals surface area contributed by atoms with Crippen LogP contribution >= 0.6 is 0 Å². The van der Waals surface area contributed by atoms with Crippen LogP contribution in [0, 0.1) is 6.92 Å². The normalized spacial score (nSPS) is 11.0. The molecule has 6 nitrogen and oxygen atoms in total. The lowest BCUT2D eigenvalue weighted by Gasteiger charge is -2.03. The number of fused-ring (bicyclic) bond motifs is 1. The highest BCUT2D eigenvalue weighted by atomic mass is 16.4. The van der Waals surface area contributed by atoms with Crippen LogP contribution in [0.1, 0.15) is 17.3 Å². The van der Waals surface area contributed by atoms with Crippen molar-refractivity contribution in [1.29, 1.82) is 0 Å². The number of aromatic nitrogens is 4. The molecular weight excluding hydrogens is 302 g/mol. The molecule has 6 heteroatoms. The molecule has 1 N–H and O–H groups in total. The summed E-state index contributed by atoms with van der Waals surface area (Å²) in [5.74, 6) is 1.48. The third-order valence-corrected chi connectivity index (χ3v) is 3.89. The predicted molar refractivity (Wildman–Crippen MR) is 91.6 cm³/mol. The van der Waals surface area contributed by atoms with E-state index in [0.29, 0.717) is 25.0 Å². The number of imidazole rings is 1. The minimum Gasteiger partial charge on any atom is -0.406 e. The number of nitrogens with zero attached hydrogens (tertiary/aromatic N) is 4. The second-order valence-corrected chi connectivity index (χ2v) is 5.57. The molecule has 4 rings (SSSR count). The van der Waals surface area contributed by atoms with Crippen molar-refractivity contribution in [2.24, 2.45) is 0 Å². The minimum atomic E-state index is 0.427. The van der Waals surface area contributed by atoms with Crippen molar-refractivity contribution in [3.63, 3.8) is 0 Å². The van der Waals surface area contributed by atoms with E-state index in [0.717, 1.165) is 22.4 Å². The second kappa shape index (κ2) is 6.16. The van der Waals surface area contributed by atoms with Crippen LogP contribution in [0.3, 0.4) is 0 Å². The number of rotatable bonds is 5. The largest absolute Gasteiger partial charge is 0.406 e. The number of nitrogens with one attached hydrogen (secondary N) is 1. The first-order valence-corrected chi connectivity index (χ1v) is 7.81. The third kappa shape index (κ3) is 2.86. The Kier molecular flexibility index (Phi) is 3.70. The summed E-state index contributed by atoms with van der Waals surface area (Å²) in [6.07, 6.45) is 0. The van der Waals surface area contributed by atoms with Gasteiger partial charge in [0.2, 0.25) is 5.89 Å². The molecule has 0 amide bonds. The van der Waals surface area contributed by atoms with Gasteiger partial charge in [-0.15, -0.1) is 5.10 Å². The van der Waals surface area contributed by atoms with Crippen LogP contribution in [0.5, 0.6) is 0 Å². The van der Waals surface area contributed by atoms with Gasteiger partial charge in [0.1, 0.15) is 12.4 Å². The Morgan fingerprint density at radius 1 is 1.00 bits per heavy atom. The van der Waals surface area contributed by atoms with E-state index < -0.39 is 0 Å². The molecule has 2 heterocycles. The fourth-order valence-electron chi connectivity index (χ4n) is 2.69. The van der Waals surface area contributed by atoms with Crippen LogP contribution in [0.2, 0.25) is 0 Å². The fourth-order valence-corrected chi connectivity index (χ4v) is 2.69. The number of para-hydroxylation sites is 2. The van der Waals surface area contributed by atoms with Crippen LogP contribution < -0.4 is 5.32 Å². The lowest BCUT2D eigenvalue weighted by Crippen LogP contribution is -2.02. The molecule has 0 aliphatic rings. The number of benzene rings is 2. The zero-order valence-corrected chi connectivity index (χ0v) is 13.3. The van der Waals surface area contributed by atoms with E-state index >= 15 is 0 Å². The standard InChI is InChI=1S/C18H17N5O/c1-13-20-15-9-5-6-10-16(15)23(13)12-17-21-22-18(24-17)19-11-14-7-3-2-4-8-14/h2-10H,11-12H2,1H3,(H,19,22). The summed E-state index contributed by atoms with van der Waals surface area (Å²) < 4.78 is 7.77. The average Bonchev–Trinajstić information content (AvgIpc) is 3.19. The molecule has 0 aliphatic carbocycles. The van der Waals surface area contributed by atoms with Crippen molar-refractivity contribution in [3.8, 4) is 0 Å². The van der Waals surface area contributed by atoms with Crippen molar-refractivity contribution in [3.05, 3.63) is 71.9 Å². The molecule has 24 heavy (non-hydrogen) atoms. The summed E-state index contributed by atoms with van der Waals surface area (Å²) in [4.78, 5) is 4.55. The maximum Gasteiger partial charge on any atom is 0.315 e. The molecule has 0 spiro atoms. The molecule has 4 aromatic rings. The van der Waals surface area contributed by atoms with E-state index in [1.807, 2.05) is 61.5 Å². The van der Waals surface area contributed by atoms with E-state index in [2.05, 4.69) is 25.1 Å². The zero-order chi connectivity index (χ0) is 16.4. The van der Waals surface area contributed by atoms with E-state index in [4.69, 9.17) is 4.42 Å². The van der Waals surface area contributed by atoms with Crippen molar-refractivity contribution in [1.82, 2.24) is 19.7 Å². The third-order valence-electron chi connectivity index (χ3n) is 3.89. The molecule has 0 bridgehead atoms. The van der Waals surface area contributed by atoms with Crippen LogP contribution in [0.15, 0.2) is 59.0 Å². The Balaban J connectivity index is 1.49. The summed E-state index contributed by atoms with van der Waals surface area (Å²) in [5, 5.41) is 11.3. The molecule has 0 saturated heterocycles. The van der Waals surface area contributed by atoms with Crippen molar-refractivity contribution < 1.29 is 4.42 Å². The highest BCUT2D eigenvalue weighted by Crippen LogP contribution is 2.17. The van der Waals surface area contributed by atoms with Crippen LogP contribution in [-0.2, 0) is 13.1 Å². The van der Waals surface area contributed by atoms with Crippen molar-refractivity contribution in [2.45, 2.75) is 20.0 Å². The molecule has 0 radical (unpaired) electrons. The first-order valence-electron chi connectivity index (χ1n) is 7.81. The van der Waals surface area contributed by atoms with Crippen LogP contribution in [-0.4, -0.2) is 19.7 Å². The fraction of sp³-hybridized carbons (Fsp3) is 0.167. The van der Waals surface area contributed by atoms with E-state index in [1.165, 1.54) is 0 Å². The maximum absolute atomic E-state index is 5.70. The first-order chi connectivity index (χ1) is 11.8. The summed E-state index contributed by atoms with van der Waals surface area (Å²) in [7, 11) is 0. The van der Waals surface area contributed by atoms with E-state index in [-0.39, 0.29) is 0 Å². The highest BCUT2D eigenvalue weighted by Gasteiger charge is 2.11. The zero-order valence-electron chi connectivity index (χ0n) is 13.3. The molecular formula is C18H17N5O. The lowest BCUT2D eigenvalue weighted by molar-refractivity contribution is 0.487. The number of hydrogen-bond acceptors (Lipinski definition) is 5. The quantitative estimate of drug-likeness (QED) is 0.610. The van der Waals surface area contributed by atoms with Gasteiger partial charge in [0.25, 0.3) is 0 Å². The topological polar surface area (TPSA) is 68.8 Å². The molecule has 0 unspecified atom stereocenters. The smallest absolute Gasteiger partial charge is 0.315 e. The predicted octanol–water partition coefficient (Wildman–Crippen LogP) is 3.39. The van der Waals surface area contributed by atoms with Crippen LogP contribution in [0.4, 0.5) is 6.01 Å². The van der Waals surface area contributed by atoms with Crippen LogP contribution in [0.25, 0.3) is 11.0 Å². The SMILES string of the molecule is Cc1nc2ccccc2n1Cc1nnc(NCc2ccccc2)o1. The Hall–Kier alpha value is -3.15. The van der Waals surface area contributed by atoms with E-state index in [1.54, 1.807) is 0 Å². The van der Waals surface area contributed by atoms with Gasteiger partial charge in [-0.25, -0.2) is 4.98 Å². The monoisotopic (exact) mass is 319 g/mol. The summed E-state index contributed by atoms with van der Waals surface area (Å²) in [5.41, 5.74) is 3.19. The Morgan fingerprint density at radius 2 is 1.79 bits per heavy atom. The van der Waals surface area contributed by atoms with Gasteiger partial charge in [-0.05, 0) is 24.6 Å². The van der Waals surface area contributed by atoms with Crippen molar-refractivity contribution >= 4 is 17.0 Å². The molecule has 2 aromatic carbocycles. The number of aryl methyl sites for hydroxylation is 1. The minimum absolute atomic E-state index is 0.427. The van der Waals surface area contributed by atoms with Gasteiger partial charge in [0.15, 0.2) is 0 Å². The van der Waals surface area contributed by atoms with Gasteiger partial charge < -0.3 is 14.3 Å². The van der Waals surface area contributed by atoms with E-state index in [9.17, 15) is 0 Å².